The van der Waals surface area contributed by atoms with Gasteiger partial charge in [0.15, 0.2) is 0 Å². The van der Waals surface area contributed by atoms with Gasteiger partial charge in [0.2, 0.25) is 0 Å². The predicted molar refractivity (Wildman–Crippen MR) is 197 cm³/mol. The van der Waals surface area contributed by atoms with Gasteiger partial charge in [-0.2, -0.15) is 0 Å². The first-order valence-electron chi connectivity index (χ1n) is 19.7. The highest BCUT2D eigenvalue weighted by atomic mass is 16.5. The highest BCUT2D eigenvalue weighted by molar-refractivity contribution is 5.89. The molecule has 4 fully saturated rings. The molecule has 9 nitrogen and oxygen atoms in total. The minimum Gasteiger partial charge on any atom is -0.481 e. The fraction of sp³-hybridized carbons (Fsp3) is 0.698. The number of hydrogen-bond acceptors (Lipinski definition) is 7. The van der Waals surface area contributed by atoms with Crippen molar-refractivity contribution in [3.63, 3.8) is 0 Å². The second-order valence-corrected chi connectivity index (χ2v) is 19.3. The van der Waals surface area contributed by atoms with Crippen LogP contribution in [0.15, 0.2) is 48.2 Å². The highest BCUT2D eigenvalue weighted by Crippen LogP contribution is 2.76. The summed E-state index contributed by atoms with van der Waals surface area (Å²) in [5.74, 6) is -0.158. The molecular weight excluding hydrogens is 654 g/mol. The summed E-state index contributed by atoms with van der Waals surface area (Å²) in [4.78, 5) is 38.0. The Morgan fingerprint density at radius 1 is 0.904 bits per heavy atom. The Labute approximate surface area is 309 Å². The Hall–Kier alpha value is -3.49. The quantitative estimate of drug-likeness (QED) is 0.213. The summed E-state index contributed by atoms with van der Waals surface area (Å²) < 4.78 is 13.1. The van der Waals surface area contributed by atoms with Crippen LogP contribution >= 0.6 is 0 Å². The van der Waals surface area contributed by atoms with Crippen molar-refractivity contribution in [2.75, 3.05) is 0 Å². The van der Waals surface area contributed by atoms with Crippen LogP contribution in [-0.2, 0) is 32.2 Å². The number of aliphatic carboxylic acids is 1. The monoisotopic (exact) mass is 713 g/mol. The van der Waals surface area contributed by atoms with Crippen LogP contribution in [0.2, 0.25) is 0 Å². The molecule has 1 aromatic carbocycles. The van der Waals surface area contributed by atoms with Crippen LogP contribution in [0.5, 0.6) is 0 Å². The van der Waals surface area contributed by atoms with Crippen molar-refractivity contribution < 1.29 is 29.0 Å². The summed E-state index contributed by atoms with van der Waals surface area (Å²) in [6.07, 6.45) is 14.7. The zero-order valence-electron chi connectivity index (χ0n) is 32.4. The van der Waals surface area contributed by atoms with Crippen molar-refractivity contribution in [1.82, 2.24) is 15.0 Å². The third-order valence-corrected chi connectivity index (χ3v) is 15.8. The molecule has 9 heteroatoms. The maximum Gasteiger partial charge on any atom is 0.338 e. The molecule has 0 spiro atoms. The van der Waals surface area contributed by atoms with Gasteiger partial charge in [-0.25, -0.2) is 9.48 Å². The number of rotatable bonds is 8. The van der Waals surface area contributed by atoms with Crippen molar-refractivity contribution in [1.29, 1.82) is 0 Å². The maximum atomic E-state index is 13.4. The molecule has 8 atom stereocenters. The van der Waals surface area contributed by atoms with E-state index in [0.29, 0.717) is 29.0 Å². The van der Waals surface area contributed by atoms with E-state index in [9.17, 15) is 19.5 Å². The SMILES string of the molecule is CC1(C)CC[C@]2(CC(=O)O)CC[C@]3(C)C(=CC[C@@H]4[C@@]5(C)CC[C@H](OC(=O)Cn6cc(COC(=O)c7ccccc7)nn6)C(C)(C)C5CC[C@]43C)[C@H]2C1. The second-order valence-electron chi connectivity index (χ2n) is 19.3. The van der Waals surface area contributed by atoms with Gasteiger partial charge >= 0.3 is 17.9 Å². The molecule has 4 saturated carbocycles. The van der Waals surface area contributed by atoms with Gasteiger partial charge in [0, 0.05) is 5.41 Å². The minimum atomic E-state index is -0.644. The summed E-state index contributed by atoms with van der Waals surface area (Å²) in [7, 11) is 0. The summed E-state index contributed by atoms with van der Waals surface area (Å²) in [5, 5.41) is 18.3. The van der Waals surface area contributed by atoms with Gasteiger partial charge in [-0.1, -0.05) is 83.5 Å². The molecule has 7 rings (SSSR count). The molecule has 0 saturated heterocycles. The van der Waals surface area contributed by atoms with Gasteiger partial charge in [-0.3, -0.25) is 9.59 Å². The highest BCUT2D eigenvalue weighted by Gasteiger charge is 2.68. The van der Waals surface area contributed by atoms with Crippen LogP contribution in [0.25, 0.3) is 0 Å². The Bertz CT molecular complexity index is 1750. The van der Waals surface area contributed by atoms with Gasteiger partial charge in [0.1, 0.15) is 24.9 Å². The molecule has 1 unspecified atom stereocenters. The minimum absolute atomic E-state index is 0.0314. The average Bonchev–Trinajstić information content (AvgIpc) is 3.52. The molecule has 0 amide bonds. The lowest BCUT2D eigenvalue weighted by molar-refractivity contribution is -0.213. The summed E-state index contributed by atoms with van der Waals surface area (Å²) in [6, 6.07) is 8.79. The van der Waals surface area contributed by atoms with Gasteiger partial charge in [0.25, 0.3) is 0 Å². The molecule has 282 valence electrons. The van der Waals surface area contributed by atoms with Crippen molar-refractivity contribution in [3.05, 3.63) is 59.4 Å². The standard InChI is InChI=1S/C43H59N3O6/c1-38(2)19-21-43(24-35(47)48)22-20-41(6)30(31(43)23-38)13-14-33-40(5)17-16-34(39(3,4)32(40)15-18-42(33,41)7)52-36(49)26-46-25-29(44-45-46)27-51-37(50)28-11-9-8-10-12-28/h8-13,25,31-34H,14-24,26-27H2,1-7H3,(H,47,48)/t31-,32?,33-,34+,40+,41-,42-,43-/m1/s1. The van der Waals surface area contributed by atoms with Crippen LogP contribution in [0, 0.1) is 50.2 Å². The first-order valence-corrected chi connectivity index (χ1v) is 19.7. The molecule has 0 aliphatic heterocycles. The van der Waals surface area contributed by atoms with Crippen LogP contribution in [0.3, 0.4) is 0 Å². The second kappa shape index (κ2) is 12.8. The van der Waals surface area contributed by atoms with E-state index in [1.54, 1.807) is 36.0 Å². The largest absolute Gasteiger partial charge is 0.481 e. The zero-order chi connectivity index (χ0) is 37.3. The first-order chi connectivity index (χ1) is 24.4. The van der Waals surface area contributed by atoms with E-state index in [1.165, 1.54) is 4.68 Å². The van der Waals surface area contributed by atoms with Crippen LogP contribution < -0.4 is 0 Å². The average molecular weight is 714 g/mol. The fourth-order valence-electron chi connectivity index (χ4n) is 12.8. The van der Waals surface area contributed by atoms with Crippen LogP contribution in [0.1, 0.15) is 135 Å². The van der Waals surface area contributed by atoms with Gasteiger partial charge in [-0.05, 0) is 121 Å². The molecule has 0 bridgehead atoms. The number of ether oxygens (including phenoxy) is 2. The molecule has 52 heavy (non-hydrogen) atoms. The number of benzene rings is 1. The molecule has 5 aliphatic rings. The third-order valence-electron chi connectivity index (χ3n) is 15.8. The van der Waals surface area contributed by atoms with Crippen molar-refractivity contribution in [2.24, 2.45) is 50.2 Å². The van der Waals surface area contributed by atoms with Crippen LogP contribution in [0.4, 0.5) is 0 Å². The number of carboxylic acid groups (broad SMARTS) is 1. The molecule has 0 radical (unpaired) electrons. The number of esters is 2. The number of carbonyl (C=O) groups excluding carboxylic acids is 2. The molecule has 1 heterocycles. The smallest absolute Gasteiger partial charge is 0.338 e. The number of carboxylic acids is 1. The fourth-order valence-corrected chi connectivity index (χ4v) is 12.8. The van der Waals surface area contributed by atoms with E-state index >= 15 is 0 Å². The molecule has 2 aromatic rings. The van der Waals surface area contributed by atoms with Crippen molar-refractivity contribution >= 4 is 17.9 Å². The summed E-state index contributed by atoms with van der Waals surface area (Å²) in [6.45, 7) is 16.9. The number of aromatic nitrogens is 3. The Balaban J connectivity index is 1.04. The predicted octanol–water partition coefficient (Wildman–Crippen LogP) is 8.82. The normalized spacial score (nSPS) is 37.2. The number of nitrogens with zero attached hydrogens (tertiary/aromatic N) is 3. The maximum absolute atomic E-state index is 13.4. The number of fused-ring (bicyclic) bond motifs is 7. The zero-order valence-corrected chi connectivity index (χ0v) is 32.4. The lowest BCUT2D eigenvalue weighted by Crippen LogP contribution is -2.65. The van der Waals surface area contributed by atoms with E-state index < -0.39 is 11.9 Å². The number of carbonyl (C=O) groups is 3. The van der Waals surface area contributed by atoms with E-state index in [4.69, 9.17) is 9.47 Å². The summed E-state index contributed by atoms with van der Waals surface area (Å²) in [5.41, 5.74) is 2.69. The molecule has 1 aromatic heterocycles. The molecule has 1 N–H and O–H groups in total. The summed E-state index contributed by atoms with van der Waals surface area (Å²) >= 11 is 0. The molecule has 5 aliphatic carbocycles. The number of hydrogen-bond donors (Lipinski definition) is 1. The Kier molecular flexibility index (Phi) is 9.09. The van der Waals surface area contributed by atoms with E-state index in [2.05, 4.69) is 64.9 Å². The van der Waals surface area contributed by atoms with E-state index in [1.807, 2.05) is 6.07 Å². The van der Waals surface area contributed by atoms with Gasteiger partial charge in [-0.15, -0.1) is 5.10 Å². The van der Waals surface area contributed by atoms with Crippen LogP contribution in [-0.4, -0.2) is 44.1 Å². The Morgan fingerprint density at radius 2 is 1.63 bits per heavy atom. The lowest BCUT2D eigenvalue weighted by atomic mass is 9.33. The van der Waals surface area contributed by atoms with E-state index in [0.717, 1.165) is 64.2 Å². The first kappa shape index (κ1) is 36.9. The third kappa shape index (κ3) is 6.02. The number of allylic oxidation sites excluding steroid dienone is 2. The van der Waals surface area contributed by atoms with Crippen molar-refractivity contribution in [3.8, 4) is 0 Å². The molecular formula is C43H59N3O6. The lowest BCUT2D eigenvalue weighted by Gasteiger charge is -2.71. The van der Waals surface area contributed by atoms with E-state index in [-0.39, 0.29) is 64.1 Å². The Morgan fingerprint density at radius 3 is 2.37 bits per heavy atom. The van der Waals surface area contributed by atoms with Gasteiger partial charge < -0.3 is 14.6 Å². The van der Waals surface area contributed by atoms with Gasteiger partial charge in [0.05, 0.1) is 18.2 Å². The van der Waals surface area contributed by atoms with Crippen molar-refractivity contribution in [2.45, 2.75) is 138 Å². The topological polar surface area (TPSA) is 121 Å².